The summed E-state index contributed by atoms with van der Waals surface area (Å²) in [5.41, 5.74) is 1.97. The van der Waals surface area contributed by atoms with Crippen molar-refractivity contribution in [3.05, 3.63) is 81.0 Å². The summed E-state index contributed by atoms with van der Waals surface area (Å²) in [7, 11) is 2.09. The van der Waals surface area contributed by atoms with Gasteiger partial charge in [0.05, 0.1) is 5.69 Å². The van der Waals surface area contributed by atoms with Gasteiger partial charge in [0, 0.05) is 61.1 Å². The zero-order chi connectivity index (χ0) is 24.4. The molecular weight excluding hydrogens is 444 g/mol. The molecule has 35 heavy (non-hydrogen) atoms. The highest BCUT2D eigenvalue weighted by molar-refractivity contribution is 5.88. The van der Waals surface area contributed by atoms with Crippen LogP contribution in [-0.2, 0) is 0 Å². The monoisotopic (exact) mass is 468 g/mol. The van der Waals surface area contributed by atoms with Gasteiger partial charge in [0.2, 0.25) is 0 Å². The van der Waals surface area contributed by atoms with E-state index in [9.17, 15) is 9.59 Å². The number of pyridine rings is 3. The maximum absolute atomic E-state index is 12.6. The van der Waals surface area contributed by atoms with Gasteiger partial charge in [-0.25, -0.2) is 15.1 Å². The Bertz CT molecular complexity index is 1550. The van der Waals surface area contributed by atoms with Crippen LogP contribution in [0.5, 0.6) is 0 Å². The third kappa shape index (κ3) is 4.90. The number of piperazine rings is 1. The maximum Gasteiger partial charge on any atom is 0.271 e. The van der Waals surface area contributed by atoms with E-state index in [0.29, 0.717) is 22.9 Å². The van der Waals surface area contributed by atoms with Crippen LogP contribution in [-0.4, -0.2) is 62.8 Å². The van der Waals surface area contributed by atoms with Gasteiger partial charge >= 0.3 is 0 Å². The summed E-state index contributed by atoms with van der Waals surface area (Å²) in [6.45, 7) is 4.71. The van der Waals surface area contributed by atoms with Crippen molar-refractivity contribution in [3.8, 4) is 11.8 Å². The Balaban J connectivity index is 1.44. The van der Waals surface area contributed by atoms with Crippen molar-refractivity contribution in [1.29, 1.82) is 0 Å². The molecule has 0 amide bonds. The Morgan fingerprint density at radius 1 is 1.11 bits per heavy atom. The van der Waals surface area contributed by atoms with E-state index in [0.717, 1.165) is 36.1 Å². The van der Waals surface area contributed by atoms with Gasteiger partial charge in [0.15, 0.2) is 0 Å². The lowest BCUT2D eigenvalue weighted by Gasteiger charge is -2.39. The summed E-state index contributed by atoms with van der Waals surface area (Å²) in [6, 6.07) is 8.76. The number of likely N-dealkylation sites (N-methyl/N-ethyl adjacent to an activating group) is 1. The number of nitrogens with zero attached hydrogens (tertiary/aromatic N) is 5. The van der Waals surface area contributed by atoms with Crippen LogP contribution in [0.1, 0.15) is 18.3 Å². The first-order valence-electron chi connectivity index (χ1n) is 11.2. The summed E-state index contributed by atoms with van der Waals surface area (Å²) in [4.78, 5) is 39.9. The second-order valence-electron chi connectivity index (χ2n) is 8.54. The number of nitrogens with one attached hydrogen (secondary N) is 3. The van der Waals surface area contributed by atoms with Crippen LogP contribution < -0.4 is 21.3 Å². The molecule has 0 unspecified atom stereocenters. The molecule has 176 valence electrons. The van der Waals surface area contributed by atoms with Gasteiger partial charge in [-0.15, -0.1) is 0 Å². The highest BCUT2D eigenvalue weighted by Gasteiger charge is 2.23. The van der Waals surface area contributed by atoms with Gasteiger partial charge in [-0.2, -0.15) is 5.10 Å². The number of hydrogen-bond donors (Lipinski definition) is 3. The van der Waals surface area contributed by atoms with Gasteiger partial charge in [-0.05, 0) is 50.1 Å². The molecular formula is C25H24N8O2. The lowest BCUT2D eigenvalue weighted by molar-refractivity contribution is 0.275. The zero-order valence-corrected chi connectivity index (χ0v) is 19.4. The molecule has 0 spiro atoms. The fourth-order valence-corrected chi connectivity index (χ4v) is 4.17. The van der Waals surface area contributed by atoms with E-state index < -0.39 is 0 Å². The lowest BCUT2D eigenvalue weighted by atomic mass is 10.1. The minimum absolute atomic E-state index is 0.115. The molecule has 4 aromatic rings. The molecule has 0 bridgehead atoms. The van der Waals surface area contributed by atoms with Crippen LogP contribution in [0.3, 0.4) is 0 Å². The molecule has 5 heterocycles. The first-order valence-corrected chi connectivity index (χ1v) is 11.2. The second-order valence-corrected chi connectivity index (χ2v) is 8.54. The van der Waals surface area contributed by atoms with Crippen molar-refractivity contribution in [2.45, 2.75) is 13.0 Å². The van der Waals surface area contributed by atoms with E-state index in [2.05, 4.69) is 66.1 Å². The van der Waals surface area contributed by atoms with Gasteiger partial charge in [-0.3, -0.25) is 9.59 Å². The van der Waals surface area contributed by atoms with Crippen LogP contribution >= 0.6 is 0 Å². The summed E-state index contributed by atoms with van der Waals surface area (Å²) in [5, 5.41) is 11.3. The zero-order valence-electron chi connectivity index (χ0n) is 19.4. The van der Waals surface area contributed by atoms with Crippen LogP contribution in [0.4, 0.5) is 17.2 Å². The quantitative estimate of drug-likeness (QED) is 0.388. The molecule has 1 aliphatic heterocycles. The Hall–Kier alpha value is -4.49. The van der Waals surface area contributed by atoms with E-state index in [4.69, 9.17) is 0 Å². The minimum atomic E-state index is -0.284. The van der Waals surface area contributed by atoms with Crippen LogP contribution in [0, 0.1) is 11.8 Å². The summed E-state index contributed by atoms with van der Waals surface area (Å²) in [5.74, 6) is 6.54. The molecule has 0 radical (unpaired) electrons. The van der Waals surface area contributed by atoms with Gasteiger partial charge in [0.1, 0.15) is 22.9 Å². The molecule has 10 nitrogen and oxygen atoms in total. The molecule has 0 saturated carbocycles. The summed E-state index contributed by atoms with van der Waals surface area (Å²) < 4.78 is 0. The van der Waals surface area contributed by atoms with E-state index in [1.165, 1.54) is 6.07 Å². The first-order chi connectivity index (χ1) is 17.0. The number of H-pyrrole nitrogens is 2. The Morgan fingerprint density at radius 3 is 2.80 bits per heavy atom. The largest absolute Gasteiger partial charge is 0.362 e. The smallest absolute Gasteiger partial charge is 0.271 e. The van der Waals surface area contributed by atoms with Crippen LogP contribution in [0.2, 0.25) is 0 Å². The molecule has 1 aliphatic rings. The number of anilines is 3. The molecule has 10 heteroatoms. The molecule has 0 aromatic carbocycles. The average Bonchev–Trinajstić information content (AvgIpc) is 2.85. The summed E-state index contributed by atoms with van der Waals surface area (Å²) >= 11 is 0. The number of rotatable bonds is 3. The molecule has 1 atom stereocenters. The number of fused-ring (bicyclic) bond motifs is 1. The van der Waals surface area contributed by atoms with Crippen molar-refractivity contribution in [2.75, 3.05) is 36.9 Å². The van der Waals surface area contributed by atoms with Gasteiger partial charge in [0.25, 0.3) is 11.1 Å². The predicted molar refractivity (Wildman–Crippen MR) is 135 cm³/mol. The van der Waals surface area contributed by atoms with Crippen molar-refractivity contribution < 1.29 is 0 Å². The number of aromatic nitrogens is 5. The van der Waals surface area contributed by atoms with Crippen molar-refractivity contribution >= 4 is 28.0 Å². The van der Waals surface area contributed by atoms with Crippen molar-refractivity contribution in [2.24, 2.45) is 0 Å². The third-order valence-corrected chi connectivity index (χ3v) is 5.93. The highest BCUT2D eigenvalue weighted by Crippen LogP contribution is 2.24. The first kappa shape index (κ1) is 22.3. The SMILES string of the molecule is C[C@@H]1CN(C)CCN1c1cc(Nc2cc3c(C#Cc4ccc(=O)[nH]n4)nccc3cn2)c[nH]c1=O. The number of aromatic amines is 2. The Kier molecular flexibility index (Phi) is 5.99. The molecule has 4 aromatic heterocycles. The van der Waals surface area contributed by atoms with E-state index >= 15 is 0 Å². The predicted octanol–water partition coefficient (Wildman–Crippen LogP) is 1.69. The van der Waals surface area contributed by atoms with Crippen molar-refractivity contribution in [1.82, 2.24) is 30.0 Å². The van der Waals surface area contributed by atoms with Gasteiger partial charge < -0.3 is 20.1 Å². The van der Waals surface area contributed by atoms with Crippen LogP contribution in [0.15, 0.2) is 58.5 Å². The highest BCUT2D eigenvalue weighted by atomic mass is 16.1. The van der Waals surface area contributed by atoms with Crippen molar-refractivity contribution in [3.63, 3.8) is 0 Å². The Morgan fingerprint density at radius 2 is 2.00 bits per heavy atom. The van der Waals surface area contributed by atoms with E-state index in [-0.39, 0.29) is 17.2 Å². The lowest BCUT2D eigenvalue weighted by Crippen LogP contribution is -2.51. The normalized spacial score (nSPS) is 16.1. The third-order valence-electron chi connectivity index (χ3n) is 5.93. The van der Waals surface area contributed by atoms with Gasteiger partial charge in [-0.1, -0.05) is 0 Å². The molecule has 1 fully saturated rings. The fourth-order valence-electron chi connectivity index (χ4n) is 4.17. The number of hydrogen-bond acceptors (Lipinski definition) is 8. The molecule has 3 N–H and O–H groups in total. The van der Waals surface area contributed by atoms with E-state index in [1.807, 2.05) is 18.2 Å². The fraction of sp³-hybridized carbons (Fsp3) is 0.240. The topological polar surface area (TPSA) is 123 Å². The minimum Gasteiger partial charge on any atom is -0.362 e. The second kappa shape index (κ2) is 9.40. The van der Waals surface area contributed by atoms with E-state index in [1.54, 1.807) is 24.7 Å². The molecule has 1 saturated heterocycles. The maximum atomic E-state index is 12.6. The average molecular weight is 469 g/mol. The molecule has 5 rings (SSSR count). The van der Waals surface area contributed by atoms with Crippen LogP contribution in [0.25, 0.3) is 10.8 Å². The molecule has 0 aliphatic carbocycles. The Labute approximate surface area is 201 Å². The summed E-state index contributed by atoms with van der Waals surface area (Å²) in [6.07, 6.45) is 5.06. The standard InChI is InChI=1S/C25H24N8O2/c1-16-15-32(2)9-10-33(16)22-11-19(14-28-25(22)35)29-23-12-20-17(13-27-23)7-8-26-21(20)5-3-18-4-6-24(34)31-30-18/h4,6-8,11-14,16H,9-10,15H2,1-2H3,(H,27,29)(H,28,35)(H,31,34)/t16-/m1/s1.